The zero-order valence-corrected chi connectivity index (χ0v) is 16.5. The molecule has 7 heteroatoms. The smallest absolute Gasteiger partial charge is 0.249 e. The second kappa shape index (κ2) is 9.43. The van der Waals surface area contributed by atoms with E-state index in [0.717, 1.165) is 17.0 Å². The average molecular weight is 375 g/mol. The van der Waals surface area contributed by atoms with Gasteiger partial charge in [0.2, 0.25) is 16.9 Å². The molecular weight excluding hydrogens is 348 g/mol. The van der Waals surface area contributed by atoms with Crippen molar-refractivity contribution in [1.29, 1.82) is 0 Å². The molecule has 0 aliphatic rings. The first-order valence-corrected chi connectivity index (χ1v) is 9.71. The summed E-state index contributed by atoms with van der Waals surface area (Å²) in [5.41, 5.74) is 0.953. The molecule has 0 spiro atoms. The van der Waals surface area contributed by atoms with Gasteiger partial charge in [-0.3, -0.25) is 14.9 Å². The molecule has 140 valence electrons. The summed E-state index contributed by atoms with van der Waals surface area (Å²) in [5.74, 6) is -0.102. The molecular formula is C19H26N4O2S. The lowest BCUT2D eigenvalue weighted by Crippen LogP contribution is -2.47. The van der Waals surface area contributed by atoms with Gasteiger partial charge < -0.3 is 5.32 Å². The van der Waals surface area contributed by atoms with Crippen molar-refractivity contribution in [2.45, 2.75) is 46.6 Å². The van der Waals surface area contributed by atoms with E-state index in [9.17, 15) is 9.59 Å². The van der Waals surface area contributed by atoms with Gasteiger partial charge in [-0.25, -0.2) is 0 Å². The number of hydrogen-bond acceptors (Lipinski definition) is 5. The van der Waals surface area contributed by atoms with Crippen LogP contribution in [0.5, 0.6) is 0 Å². The topological polar surface area (TPSA) is 84.0 Å². The molecule has 0 fully saturated rings. The molecule has 0 saturated carbocycles. The molecule has 0 bridgehead atoms. The number of hydrogen-bond donors (Lipinski definition) is 2. The van der Waals surface area contributed by atoms with Gasteiger partial charge in [0.25, 0.3) is 0 Å². The summed E-state index contributed by atoms with van der Waals surface area (Å²) in [6.45, 7) is 7.90. The summed E-state index contributed by atoms with van der Waals surface area (Å²) >= 11 is 1.31. The lowest BCUT2D eigenvalue weighted by molar-refractivity contribution is -0.128. The number of amides is 2. The predicted molar refractivity (Wildman–Crippen MR) is 105 cm³/mol. The number of carbonyl (C=O) groups excluding carboxylic acids is 2. The third-order valence-electron chi connectivity index (χ3n) is 4.08. The number of carbonyl (C=O) groups is 2. The van der Waals surface area contributed by atoms with Gasteiger partial charge in [0.15, 0.2) is 0 Å². The Morgan fingerprint density at radius 1 is 1.12 bits per heavy atom. The van der Waals surface area contributed by atoms with Crippen molar-refractivity contribution in [2.24, 2.45) is 11.8 Å². The second-order valence-corrected chi connectivity index (χ2v) is 7.77. The summed E-state index contributed by atoms with van der Waals surface area (Å²) in [7, 11) is 0. The minimum atomic E-state index is -0.588. The molecule has 0 radical (unpaired) electrons. The molecule has 1 heterocycles. The van der Waals surface area contributed by atoms with Crippen LogP contribution < -0.4 is 10.6 Å². The highest BCUT2D eigenvalue weighted by molar-refractivity contribution is 7.18. The molecule has 1 aromatic heterocycles. The lowest BCUT2D eigenvalue weighted by atomic mass is 9.97. The van der Waals surface area contributed by atoms with Crippen molar-refractivity contribution in [3.8, 4) is 10.6 Å². The van der Waals surface area contributed by atoms with Crippen LogP contribution in [0.1, 0.15) is 40.5 Å². The molecule has 2 aromatic rings. The van der Waals surface area contributed by atoms with E-state index in [1.165, 1.54) is 11.3 Å². The van der Waals surface area contributed by atoms with Gasteiger partial charge in [0, 0.05) is 12.0 Å². The number of anilines is 1. The van der Waals surface area contributed by atoms with Gasteiger partial charge in [-0.1, -0.05) is 75.8 Å². The van der Waals surface area contributed by atoms with E-state index in [-0.39, 0.29) is 23.7 Å². The van der Waals surface area contributed by atoms with Gasteiger partial charge >= 0.3 is 0 Å². The quantitative estimate of drug-likeness (QED) is 0.737. The van der Waals surface area contributed by atoms with E-state index >= 15 is 0 Å². The van der Waals surface area contributed by atoms with Crippen LogP contribution >= 0.6 is 11.3 Å². The number of nitrogens with zero attached hydrogens (tertiary/aromatic N) is 2. The molecule has 2 atom stereocenters. The van der Waals surface area contributed by atoms with Crippen LogP contribution in [0, 0.1) is 11.8 Å². The van der Waals surface area contributed by atoms with Gasteiger partial charge in [0.05, 0.1) is 0 Å². The molecule has 1 aromatic carbocycles. The second-order valence-electron chi connectivity index (χ2n) is 6.80. The summed E-state index contributed by atoms with van der Waals surface area (Å²) in [4.78, 5) is 24.8. The van der Waals surface area contributed by atoms with Gasteiger partial charge in [-0.15, -0.1) is 10.2 Å². The molecule has 2 N–H and O–H groups in total. The van der Waals surface area contributed by atoms with Crippen LogP contribution in [0.4, 0.5) is 5.13 Å². The van der Waals surface area contributed by atoms with Crippen molar-refractivity contribution in [2.75, 3.05) is 5.32 Å². The minimum Gasteiger partial charge on any atom is -0.344 e. The van der Waals surface area contributed by atoms with Crippen molar-refractivity contribution < 1.29 is 9.59 Å². The minimum absolute atomic E-state index is 0.0210. The van der Waals surface area contributed by atoms with Crippen LogP contribution in [0.15, 0.2) is 30.3 Å². The summed E-state index contributed by atoms with van der Waals surface area (Å²) < 4.78 is 0. The van der Waals surface area contributed by atoms with Crippen LogP contribution in [0.3, 0.4) is 0 Å². The molecule has 26 heavy (non-hydrogen) atoms. The number of rotatable bonds is 8. The van der Waals surface area contributed by atoms with Gasteiger partial charge in [-0.05, 0) is 11.8 Å². The summed E-state index contributed by atoms with van der Waals surface area (Å²) in [5, 5.41) is 15.0. The molecule has 2 amide bonds. The predicted octanol–water partition coefficient (Wildman–Crippen LogP) is 3.72. The largest absolute Gasteiger partial charge is 0.344 e. The zero-order chi connectivity index (χ0) is 19.1. The SMILES string of the molecule is CCC(C)C(NC(=O)CC(C)C)C(=O)Nc1nnc(-c2ccccc2)s1. The Balaban J connectivity index is 2.07. The highest BCUT2D eigenvalue weighted by Crippen LogP contribution is 2.26. The fourth-order valence-electron chi connectivity index (χ4n) is 2.46. The Bertz CT molecular complexity index is 730. The van der Waals surface area contributed by atoms with Crippen LogP contribution in [-0.2, 0) is 9.59 Å². The highest BCUT2D eigenvalue weighted by atomic mass is 32.1. The summed E-state index contributed by atoms with van der Waals surface area (Å²) in [6, 6.07) is 9.09. The molecule has 0 aliphatic heterocycles. The molecule has 0 saturated heterocycles. The monoisotopic (exact) mass is 374 g/mol. The van der Waals surface area contributed by atoms with E-state index in [4.69, 9.17) is 0 Å². The van der Waals surface area contributed by atoms with Crippen LogP contribution in [0.25, 0.3) is 10.6 Å². The Kier molecular flexibility index (Phi) is 7.26. The normalized spacial score (nSPS) is 13.3. The molecule has 2 rings (SSSR count). The fourth-order valence-corrected chi connectivity index (χ4v) is 3.21. The summed E-state index contributed by atoms with van der Waals surface area (Å²) in [6.07, 6.45) is 1.18. The van der Waals surface area contributed by atoms with Crippen LogP contribution in [-0.4, -0.2) is 28.1 Å². The maximum Gasteiger partial charge on any atom is 0.249 e. The maximum absolute atomic E-state index is 12.7. The van der Waals surface area contributed by atoms with Crippen molar-refractivity contribution >= 4 is 28.3 Å². The van der Waals surface area contributed by atoms with E-state index in [1.807, 2.05) is 58.0 Å². The zero-order valence-electron chi connectivity index (χ0n) is 15.7. The Labute approximate surface area is 158 Å². The van der Waals surface area contributed by atoms with Crippen LogP contribution in [0.2, 0.25) is 0 Å². The van der Waals surface area contributed by atoms with Crippen molar-refractivity contribution in [1.82, 2.24) is 15.5 Å². The van der Waals surface area contributed by atoms with E-state index in [0.29, 0.717) is 11.6 Å². The van der Waals surface area contributed by atoms with E-state index in [1.54, 1.807) is 0 Å². The third kappa shape index (κ3) is 5.62. The van der Waals surface area contributed by atoms with Gasteiger partial charge in [0.1, 0.15) is 11.0 Å². The van der Waals surface area contributed by atoms with E-state index < -0.39 is 6.04 Å². The fraction of sp³-hybridized carbons (Fsp3) is 0.474. The highest BCUT2D eigenvalue weighted by Gasteiger charge is 2.27. The maximum atomic E-state index is 12.7. The molecule has 2 unspecified atom stereocenters. The lowest BCUT2D eigenvalue weighted by Gasteiger charge is -2.23. The number of benzene rings is 1. The Morgan fingerprint density at radius 2 is 1.81 bits per heavy atom. The van der Waals surface area contributed by atoms with Crippen molar-refractivity contribution in [3.63, 3.8) is 0 Å². The standard InChI is InChI=1S/C19H26N4O2S/c1-5-13(4)16(20-15(24)11-12(2)3)17(25)21-19-23-22-18(26-19)14-9-7-6-8-10-14/h6-10,12-13,16H,5,11H2,1-4H3,(H,20,24)(H,21,23,25). The molecule has 6 nitrogen and oxygen atoms in total. The van der Waals surface area contributed by atoms with Crippen molar-refractivity contribution in [3.05, 3.63) is 30.3 Å². The van der Waals surface area contributed by atoms with E-state index in [2.05, 4.69) is 20.8 Å². The molecule has 0 aliphatic carbocycles. The Morgan fingerprint density at radius 3 is 2.42 bits per heavy atom. The first-order chi connectivity index (χ1) is 12.4. The first kappa shape index (κ1) is 20.0. The number of nitrogens with one attached hydrogen (secondary N) is 2. The number of aromatic nitrogens is 2. The van der Waals surface area contributed by atoms with Gasteiger partial charge in [-0.2, -0.15) is 0 Å². The average Bonchev–Trinajstić information content (AvgIpc) is 3.07. The Hall–Kier alpha value is -2.28. The first-order valence-electron chi connectivity index (χ1n) is 8.89. The third-order valence-corrected chi connectivity index (χ3v) is 4.97.